The molecule has 8 nitrogen and oxygen atoms in total. The smallest absolute Gasteiger partial charge is 0.284 e. The summed E-state index contributed by atoms with van der Waals surface area (Å²) in [4.78, 5) is 14.2. The molecule has 1 aromatic heterocycles. The fraction of sp³-hybridized carbons (Fsp3) is 0.389. The Morgan fingerprint density at radius 1 is 1.30 bits per heavy atom. The molecule has 9 heteroatoms. The number of amidine groups is 1. The molecular formula is C18H23N5O3S. The average Bonchev–Trinajstić information content (AvgIpc) is 3.12. The van der Waals surface area contributed by atoms with Gasteiger partial charge in [-0.2, -0.15) is 13.5 Å². The number of benzene rings is 1. The second-order valence-electron chi connectivity index (χ2n) is 6.67. The molecule has 144 valence electrons. The molecule has 1 aliphatic heterocycles. The third-order valence-electron chi connectivity index (χ3n) is 4.37. The summed E-state index contributed by atoms with van der Waals surface area (Å²) in [5.41, 5.74) is 2.13. The summed E-state index contributed by atoms with van der Waals surface area (Å²) in [7, 11) is -1.99. The van der Waals surface area contributed by atoms with Gasteiger partial charge in [0.15, 0.2) is 0 Å². The van der Waals surface area contributed by atoms with Crippen LogP contribution in [0.5, 0.6) is 0 Å². The van der Waals surface area contributed by atoms with E-state index >= 15 is 0 Å². The number of nitrogens with one attached hydrogen (secondary N) is 1. The van der Waals surface area contributed by atoms with E-state index in [0.717, 1.165) is 24.4 Å². The molecule has 1 saturated heterocycles. The number of anilines is 1. The van der Waals surface area contributed by atoms with E-state index in [0.29, 0.717) is 17.9 Å². The Morgan fingerprint density at radius 3 is 2.70 bits per heavy atom. The maximum Gasteiger partial charge on any atom is 0.284 e. The Morgan fingerprint density at radius 2 is 2.07 bits per heavy atom. The Hall–Kier alpha value is -2.68. The first-order chi connectivity index (χ1) is 12.7. The third-order valence-corrected chi connectivity index (χ3v) is 5.67. The van der Waals surface area contributed by atoms with Crippen LogP contribution in [0.3, 0.4) is 0 Å². The lowest BCUT2D eigenvalue weighted by molar-refractivity contribution is -0.116. The zero-order valence-corrected chi connectivity index (χ0v) is 16.5. The molecule has 2 aromatic rings. The summed E-state index contributed by atoms with van der Waals surface area (Å²) < 4.78 is 30.7. The van der Waals surface area contributed by atoms with Gasteiger partial charge in [0.25, 0.3) is 10.0 Å². The van der Waals surface area contributed by atoms with E-state index in [-0.39, 0.29) is 17.3 Å². The molecule has 0 spiro atoms. The largest absolute Gasteiger partial charge is 0.362 e. The lowest BCUT2D eigenvalue weighted by Gasteiger charge is -2.11. The third kappa shape index (κ3) is 4.54. The van der Waals surface area contributed by atoms with Crippen LogP contribution in [0.1, 0.15) is 24.2 Å². The first-order valence-electron chi connectivity index (χ1n) is 8.70. The molecule has 2 heterocycles. The highest BCUT2D eigenvalue weighted by Gasteiger charge is 2.20. The molecule has 3 rings (SSSR count). The van der Waals surface area contributed by atoms with Gasteiger partial charge in [-0.05, 0) is 44.5 Å². The molecular weight excluding hydrogens is 366 g/mol. The molecule has 0 aliphatic carbocycles. The zero-order valence-electron chi connectivity index (χ0n) is 15.6. The van der Waals surface area contributed by atoms with Crippen molar-refractivity contribution in [2.75, 3.05) is 18.9 Å². The Balaban J connectivity index is 1.75. The maximum atomic E-state index is 12.6. The van der Waals surface area contributed by atoms with E-state index in [4.69, 9.17) is 0 Å². The number of nitrogens with zero attached hydrogens (tertiary/aromatic N) is 4. The minimum absolute atomic E-state index is 0.0548. The predicted octanol–water partition coefficient (Wildman–Crippen LogP) is 1.95. The highest BCUT2D eigenvalue weighted by molar-refractivity contribution is 7.90. The fourth-order valence-electron chi connectivity index (χ4n) is 3.01. The minimum atomic E-state index is -3.82. The second-order valence-corrected chi connectivity index (χ2v) is 8.27. The fourth-order valence-corrected chi connectivity index (χ4v) is 4.15. The van der Waals surface area contributed by atoms with Crippen molar-refractivity contribution in [3.8, 4) is 0 Å². The summed E-state index contributed by atoms with van der Waals surface area (Å²) in [6.45, 7) is 4.60. The lowest BCUT2D eigenvalue weighted by atomic mass is 10.3. The van der Waals surface area contributed by atoms with Crippen molar-refractivity contribution in [1.29, 1.82) is 0 Å². The van der Waals surface area contributed by atoms with Gasteiger partial charge in [0.1, 0.15) is 12.4 Å². The second kappa shape index (κ2) is 7.51. The number of likely N-dealkylation sites (tertiary alicyclic amines) is 1. The van der Waals surface area contributed by atoms with Gasteiger partial charge in [0.05, 0.1) is 10.6 Å². The molecule has 1 aliphatic rings. The van der Waals surface area contributed by atoms with Crippen molar-refractivity contribution in [1.82, 2.24) is 14.7 Å². The van der Waals surface area contributed by atoms with Crippen molar-refractivity contribution in [3.05, 3.63) is 41.7 Å². The minimum Gasteiger partial charge on any atom is -0.362 e. The van der Waals surface area contributed by atoms with E-state index in [1.54, 1.807) is 16.8 Å². The van der Waals surface area contributed by atoms with E-state index < -0.39 is 10.0 Å². The molecule has 0 unspecified atom stereocenters. The summed E-state index contributed by atoms with van der Waals surface area (Å²) in [5.74, 6) is 0.284. The van der Waals surface area contributed by atoms with Crippen LogP contribution in [0.4, 0.5) is 5.69 Å². The molecule has 1 amide bonds. The van der Waals surface area contributed by atoms with Crippen LogP contribution in [-0.4, -0.2) is 48.4 Å². The van der Waals surface area contributed by atoms with Gasteiger partial charge in [-0.1, -0.05) is 6.07 Å². The van der Waals surface area contributed by atoms with Crippen molar-refractivity contribution in [2.24, 2.45) is 4.40 Å². The predicted molar refractivity (Wildman–Crippen MR) is 103 cm³/mol. The summed E-state index contributed by atoms with van der Waals surface area (Å²) in [6.07, 6.45) is 1.54. The van der Waals surface area contributed by atoms with Crippen molar-refractivity contribution >= 4 is 27.5 Å². The highest BCUT2D eigenvalue weighted by atomic mass is 32.2. The molecule has 0 radical (unpaired) electrons. The van der Waals surface area contributed by atoms with Gasteiger partial charge in [0, 0.05) is 31.4 Å². The summed E-state index contributed by atoms with van der Waals surface area (Å²) >= 11 is 0. The number of rotatable bonds is 5. The summed E-state index contributed by atoms with van der Waals surface area (Å²) in [5, 5.41) is 6.97. The van der Waals surface area contributed by atoms with Gasteiger partial charge >= 0.3 is 0 Å². The molecule has 0 atom stereocenters. The lowest BCUT2D eigenvalue weighted by Crippen LogP contribution is -2.21. The molecule has 1 aromatic carbocycles. The normalized spacial score (nSPS) is 16.1. The van der Waals surface area contributed by atoms with Gasteiger partial charge in [-0.3, -0.25) is 9.48 Å². The Bertz CT molecular complexity index is 994. The molecule has 0 saturated carbocycles. The SMILES string of the molecule is Cc1cc(C)n(CC(=O)Nc2cccc(S(=O)(=O)/N=C3\CCCN3C)c2)n1. The topological polar surface area (TPSA) is 96.7 Å². The van der Waals surface area contributed by atoms with Crippen LogP contribution in [0.25, 0.3) is 0 Å². The number of aromatic nitrogens is 2. The molecule has 27 heavy (non-hydrogen) atoms. The van der Waals surface area contributed by atoms with Gasteiger partial charge in [-0.25, -0.2) is 0 Å². The van der Waals surface area contributed by atoms with E-state index in [1.807, 2.05) is 31.9 Å². The van der Waals surface area contributed by atoms with E-state index in [9.17, 15) is 13.2 Å². The quantitative estimate of drug-likeness (QED) is 0.843. The summed E-state index contributed by atoms with van der Waals surface area (Å²) in [6, 6.07) is 8.02. The Labute approximate surface area is 159 Å². The van der Waals surface area contributed by atoms with E-state index in [2.05, 4.69) is 14.8 Å². The Kier molecular flexibility index (Phi) is 5.31. The van der Waals surface area contributed by atoms with E-state index in [1.165, 1.54) is 12.1 Å². The van der Waals surface area contributed by atoms with Crippen molar-refractivity contribution in [2.45, 2.75) is 38.1 Å². The standard InChI is InChI=1S/C18H23N5O3S/c1-13-10-14(2)23(20-13)12-18(24)19-15-6-4-7-16(11-15)27(25,26)21-17-8-5-9-22(17)3/h4,6-7,10-11H,5,8-9,12H2,1-3H3,(H,19,24)/b21-17+. The number of aryl methyl sites for hydroxylation is 2. The van der Waals surface area contributed by atoms with Gasteiger partial charge in [0.2, 0.25) is 5.91 Å². The van der Waals surface area contributed by atoms with Gasteiger partial charge < -0.3 is 10.2 Å². The zero-order chi connectivity index (χ0) is 19.6. The van der Waals surface area contributed by atoms with Crippen LogP contribution >= 0.6 is 0 Å². The molecule has 1 N–H and O–H groups in total. The van der Waals surface area contributed by atoms with Crippen molar-refractivity contribution < 1.29 is 13.2 Å². The first-order valence-corrected chi connectivity index (χ1v) is 10.1. The monoisotopic (exact) mass is 389 g/mol. The van der Waals surface area contributed by atoms with Crippen LogP contribution < -0.4 is 5.32 Å². The maximum absolute atomic E-state index is 12.6. The number of hydrogen-bond donors (Lipinski definition) is 1. The van der Waals surface area contributed by atoms with Gasteiger partial charge in [-0.15, -0.1) is 4.40 Å². The average molecular weight is 389 g/mol. The highest BCUT2D eigenvalue weighted by Crippen LogP contribution is 2.20. The first kappa shape index (κ1) is 19.1. The number of carbonyl (C=O) groups excluding carboxylic acids is 1. The molecule has 0 bridgehead atoms. The van der Waals surface area contributed by atoms with Crippen LogP contribution in [0.2, 0.25) is 0 Å². The number of amides is 1. The number of hydrogen-bond acceptors (Lipinski definition) is 4. The number of sulfonamides is 1. The van der Waals surface area contributed by atoms with Crippen LogP contribution in [0, 0.1) is 13.8 Å². The molecule has 1 fully saturated rings. The van der Waals surface area contributed by atoms with Crippen molar-refractivity contribution in [3.63, 3.8) is 0 Å². The van der Waals surface area contributed by atoms with Crippen LogP contribution in [0.15, 0.2) is 39.6 Å². The number of carbonyl (C=O) groups is 1. The van der Waals surface area contributed by atoms with Crippen LogP contribution in [-0.2, 0) is 21.4 Å².